The van der Waals surface area contributed by atoms with E-state index in [-0.39, 0.29) is 50.4 Å². The van der Waals surface area contributed by atoms with Crippen LogP contribution in [0, 0.1) is 5.82 Å². The molecule has 0 saturated carbocycles. The van der Waals surface area contributed by atoms with Crippen molar-refractivity contribution in [3.63, 3.8) is 0 Å². The van der Waals surface area contributed by atoms with E-state index in [0.29, 0.717) is 30.2 Å². The number of halogens is 2. The van der Waals surface area contributed by atoms with Gasteiger partial charge in [-0.15, -0.1) is 0 Å². The summed E-state index contributed by atoms with van der Waals surface area (Å²) in [4.78, 5) is 17.1. The molecular weight excluding hydrogens is 459 g/mol. The molecule has 6 nitrogen and oxygen atoms in total. The van der Waals surface area contributed by atoms with Crippen molar-refractivity contribution in [3.05, 3.63) is 70.3 Å². The quantitative estimate of drug-likeness (QED) is 0.579. The van der Waals surface area contributed by atoms with Crippen LogP contribution < -0.4 is 5.32 Å². The highest BCUT2D eigenvalue weighted by Gasteiger charge is 2.30. The molecule has 1 aliphatic carbocycles. The SMILES string of the molecule is CCn1nc(-c2ccc(Cl)c(F)c2)nc1CC(=O)N[C@H]1C[C@H](O)c2ccccc21.S.S. The summed E-state index contributed by atoms with van der Waals surface area (Å²) in [5.74, 6) is 0.0682. The largest absolute Gasteiger partial charge is 0.388 e. The van der Waals surface area contributed by atoms with Gasteiger partial charge < -0.3 is 10.4 Å². The van der Waals surface area contributed by atoms with Crippen LogP contribution in [-0.4, -0.2) is 25.8 Å². The maximum absolute atomic E-state index is 13.8. The summed E-state index contributed by atoms with van der Waals surface area (Å²) in [7, 11) is 0. The zero-order chi connectivity index (χ0) is 20.5. The number of nitrogens with zero attached hydrogens (tertiary/aromatic N) is 3. The molecule has 4 rings (SSSR count). The monoisotopic (exact) mass is 482 g/mol. The average Bonchev–Trinajstić information content (AvgIpc) is 3.25. The third-order valence-electron chi connectivity index (χ3n) is 5.07. The first-order chi connectivity index (χ1) is 14.0. The van der Waals surface area contributed by atoms with Crippen LogP contribution in [0.4, 0.5) is 4.39 Å². The van der Waals surface area contributed by atoms with Crippen molar-refractivity contribution in [1.29, 1.82) is 0 Å². The van der Waals surface area contributed by atoms with E-state index >= 15 is 0 Å². The molecule has 0 spiro atoms. The number of aliphatic hydroxyl groups excluding tert-OH is 1. The standard InChI is InChI=1S/C21H20ClFN4O2.2H2S/c1-2-27-19(25-21(26-27)12-7-8-15(22)16(23)9-12)11-20(29)24-17-10-18(28)14-6-4-3-5-13(14)17;;/h3-9,17-18,28H,2,10-11H2,1H3,(H,24,29);2*1H2/t17-,18-;;/m0../s1. The maximum atomic E-state index is 13.8. The van der Waals surface area contributed by atoms with Crippen LogP contribution in [0.2, 0.25) is 5.02 Å². The fourth-order valence-corrected chi connectivity index (χ4v) is 3.77. The fraction of sp³-hybridized carbons (Fsp3) is 0.286. The van der Waals surface area contributed by atoms with E-state index in [2.05, 4.69) is 15.4 Å². The number of nitrogens with one attached hydrogen (secondary N) is 1. The molecule has 166 valence electrons. The summed E-state index contributed by atoms with van der Waals surface area (Å²) in [5, 5.41) is 17.6. The van der Waals surface area contributed by atoms with Crippen LogP contribution in [-0.2, 0) is 17.8 Å². The van der Waals surface area contributed by atoms with Gasteiger partial charge in [0.2, 0.25) is 5.91 Å². The number of carbonyl (C=O) groups excluding carboxylic acids is 1. The summed E-state index contributed by atoms with van der Waals surface area (Å²) in [6, 6.07) is 11.7. The lowest BCUT2D eigenvalue weighted by Crippen LogP contribution is -2.29. The summed E-state index contributed by atoms with van der Waals surface area (Å²) in [6.07, 6.45) is -0.103. The van der Waals surface area contributed by atoms with E-state index in [9.17, 15) is 14.3 Å². The number of hydrogen-bond acceptors (Lipinski definition) is 4. The Bertz CT molecular complexity index is 1080. The van der Waals surface area contributed by atoms with Gasteiger partial charge in [-0.1, -0.05) is 35.9 Å². The molecule has 0 radical (unpaired) electrons. The first-order valence-corrected chi connectivity index (χ1v) is 9.79. The van der Waals surface area contributed by atoms with Crippen LogP contribution in [0.1, 0.15) is 42.4 Å². The highest BCUT2D eigenvalue weighted by Crippen LogP contribution is 2.38. The minimum atomic E-state index is -0.581. The number of hydrogen-bond donors (Lipinski definition) is 2. The van der Waals surface area contributed by atoms with Gasteiger partial charge in [-0.05, 0) is 36.2 Å². The molecule has 0 fully saturated rings. The van der Waals surface area contributed by atoms with Gasteiger partial charge in [-0.3, -0.25) is 4.79 Å². The Morgan fingerprint density at radius 1 is 1.26 bits per heavy atom. The zero-order valence-electron chi connectivity index (χ0n) is 16.8. The molecule has 1 aliphatic rings. The molecule has 0 bridgehead atoms. The summed E-state index contributed by atoms with van der Waals surface area (Å²) < 4.78 is 15.4. The minimum absolute atomic E-state index is 0. The van der Waals surface area contributed by atoms with E-state index in [1.807, 2.05) is 31.2 Å². The Morgan fingerprint density at radius 3 is 2.65 bits per heavy atom. The molecule has 0 aliphatic heterocycles. The van der Waals surface area contributed by atoms with E-state index in [1.165, 1.54) is 12.1 Å². The van der Waals surface area contributed by atoms with E-state index in [0.717, 1.165) is 11.1 Å². The second kappa shape index (κ2) is 10.5. The Kier molecular flexibility index (Phi) is 8.53. The molecule has 1 aromatic heterocycles. The fourth-order valence-electron chi connectivity index (χ4n) is 3.65. The summed E-state index contributed by atoms with van der Waals surface area (Å²) in [5.41, 5.74) is 2.28. The number of benzene rings is 2. The van der Waals surface area contributed by atoms with E-state index in [1.54, 1.807) is 10.7 Å². The number of amides is 1. The van der Waals surface area contributed by atoms with Gasteiger partial charge in [0.05, 0.1) is 23.6 Å². The second-order valence-electron chi connectivity index (χ2n) is 6.97. The minimum Gasteiger partial charge on any atom is -0.388 e. The van der Waals surface area contributed by atoms with Crippen LogP contribution in [0.3, 0.4) is 0 Å². The molecule has 2 aromatic carbocycles. The predicted molar refractivity (Wildman–Crippen MR) is 127 cm³/mol. The van der Waals surface area contributed by atoms with Gasteiger partial charge in [0, 0.05) is 18.5 Å². The smallest absolute Gasteiger partial charge is 0.228 e. The molecule has 10 heteroatoms. The number of aryl methyl sites for hydroxylation is 1. The maximum Gasteiger partial charge on any atom is 0.228 e. The van der Waals surface area contributed by atoms with Crippen LogP contribution >= 0.6 is 38.6 Å². The van der Waals surface area contributed by atoms with Gasteiger partial charge in [-0.2, -0.15) is 32.1 Å². The molecule has 0 saturated heterocycles. The Balaban J connectivity index is 0.00000171. The van der Waals surface area contributed by atoms with Gasteiger partial charge in [0.1, 0.15) is 11.6 Å². The van der Waals surface area contributed by atoms with Crippen molar-refractivity contribution in [2.24, 2.45) is 0 Å². The summed E-state index contributed by atoms with van der Waals surface area (Å²) in [6.45, 7) is 2.42. The molecule has 3 aromatic rings. The van der Waals surface area contributed by atoms with E-state index < -0.39 is 11.9 Å². The number of rotatable bonds is 5. The van der Waals surface area contributed by atoms with Crippen LogP contribution in [0.25, 0.3) is 11.4 Å². The molecule has 2 atom stereocenters. The third-order valence-corrected chi connectivity index (χ3v) is 5.38. The number of carbonyl (C=O) groups is 1. The molecule has 2 N–H and O–H groups in total. The zero-order valence-corrected chi connectivity index (χ0v) is 19.5. The number of fused-ring (bicyclic) bond motifs is 1. The van der Waals surface area contributed by atoms with Crippen molar-refractivity contribution in [2.75, 3.05) is 0 Å². The lowest BCUT2D eigenvalue weighted by atomic mass is 10.1. The van der Waals surface area contributed by atoms with Crippen molar-refractivity contribution >= 4 is 44.5 Å². The topological polar surface area (TPSA) is 80.0 Å². The van der Waals surface area contributed by atoms with Crippen LogP contribution in [0.15, 0.2) is 42.5 Å². The highest BCUT2D eigenvalue weighted by atomic mass is 35.5. The Morgan fingerprint density at radius 2 is 1.97 bits per heavy atom. The number of aliphatic hydroxyl groups is 1. The van der Waals surface area contributed by atoms with Crippen molar-refractivity contribution in [2.45, 2.75) is 38.5 Å². The van der Waals surface area contributed by atoms with Gasteiger partial charge in [-0.25, -0.2) is 14.1 Å². The normalized spacial score (nSPS) is 16.8. The first-order valence-electron chi connectivity index (χ1n) is 9.41. The lowest BCUT2D eigenvalue weighted by Gasteiger charge is -2.13. The highest BCUT2D eigenvalue weighted by molar-refractivity contribution is 7.59. The first kappa shape index (κ1) is 25.2. The van der Waals surface area contributed by atoms with Crippen molar-refractivity contribution in [1.82, 2.24) is 20.1 Å². The van der Waals surface area contributed by atoms with Crippen molar-refractivity contribution in [3.8, 4) is 11.4 Å². The average molecular weight is 483 g/mol. The Labute approximate surface area is 198 Å². The lowest BCUT2D eigenvalue weighted by molar-refractivity contribution is -0.121. The van der Waals surface area contributed by atoms with Crippen LogP contribution in [0.5, 0.6) is 0 Å². The number of aromatic nitrogens is 3. The van der Waals surface area contributed by atoms with Crippen molar-refractivity contribution < 1.29 is 14.3 Å². The molecule has 1 amide bonds. The van der Waals surface area contributed by atoms with Gasteiger partial charge >= 0.3 is 0 Å². The molecular formula is C21H24ClFN4O2S2. The van der Waals surface area contributed by atoms with Gasteiger partial charge in [0.15, 0.2) is 5.82 Å². The summed E-state index contributed by atoms with van der Waals surface area (Å²) >= 11 is 5.74. The Hall–Kier alpha value is -2.07. The van der Waals surface area contributed by atoms with Gasteiger partial charge in [0.25, 0.3) is 0 Å². The second-order valence-corrected chi connectivity index (χ2v) is 7.38. The molecule has 0 unspecified atom stereocenters. The molecule has 31 heavy (non-hydrogen) atoms. The third kappa shape index (κ3) is 5.23. The molecule has 1 heterocycles. The predicted octanol–water partition coefficient (Wildman–Crippen LogP) is 3.82. The van der Waals surface area contributed by atoms with E-state index in [4.69, 9.17) is 11.6 Å².